The van der Waals surface area contributed by atoms with Gasteiger partial charge in [0.25, 0.3) is 0 Å². The van der Waals surface area contributed by atoms with E-state index >= 15 is 0 Å². The maximum Gasteiger partial charge on any atom is 0.414 e. The Balaban J connectivity index is 1.10. The molecule has 2 aromatic heterocycles. The van der Waals surface area contributed by atoms with Gasteiger partial charge in [-0.25, -0.2) is 9.48 Å². The average Bonchev–Trinajstić information content (AvgIpc) is 3.98. The summed E-state index contributed by atoms with van der Waals surface area (Å²) in [6.07, 6.45) is -6.16. The van der Waals surface area contributed by atoms with Gasteiger partial charge in [0, 0.05) is 68.8 Å². The Morgan fingerprint density at radius 2 is 1.65 bits per heavy atom. The van der Waals surface area contributed by atoms with Crippen LogP contribution in [0.25, 0.3) is 10.9 Å². The standard InChI is InChI=1S/C54H85N7O14/c1-14-42-54(10,68)46(63)34(6)59(12)26-30(2)24-52(8,67)48(32(4)45(33(5)49(65)73-42)74-43-25-53(9,69-13)47(64)35(7)71-43)75-50-44(62)41(23-31(3)70-50)58(11)22-20-36-27-60(57-56-36)28-37-29-61(51(66)72-37)40-19-15-18-39-38(40)17-16-21-55-39/h15-19,21,27,30-35,37,41-48,50,62-64,67-68H,14,20,22-26,28-29H2,1-13H3/t30-,31-,32+,33-,34-,35+,37+,41+,42-,43-,44-,45+,46-,47+,48-,50+,52-,53-,54-/m1/s1. The van der Waals surface area contributed by atoms with Crippen molar-refractivity contribution in [2.24, 2.45) is 17.8 Å². The summed E-state index contributed by atoms with van der Waals surface area (Å²) in [6, 6.07) is 8.37. The Labute approximate surface area is 441 Å². The van der Waals surface area contributed by atoms with Gasteiger partial charge in [0.2, 0.25) is 0 Å². The number of methoxy groups -OCH3 is 1. The summed E-state index contributed by atoms with van der Waals surface area (Å²) in [5, 5.41) is 69.5. The molecule has 4 aliphatic heterocycles. The Morgan fingerprint density at radius 3 is 2.36 bits per heavy atom. The van der Waals surface area contributed by atoms with E-state index in [1.807, 2.05) is 81.2 Å². The second-order valence-electron chi connectivity index (χ2n) is 22.8. The molecule has 21 nitrogen and oxygen atoms in total. The molecule has 1 amide bonds. The second-order valence-corrected chi connectivity index (χ2v) is 22.8. The number of benzene rings is 1. The molecular formula is C54H85N7O14. The SMILES string of the molecule is CC[C@H]1OC(=O)[C@H](C)[C@@H](O[C@@H]2C[C@@](C)(OC)[C@@H](O)[C@H](C)O2)[C@H](C)[C@@H](O[C@@H]2O[C@H](C)C[C@H](N(C)CCc3cn(C[C@H]4CN(c5cccc6ncccc56)C(=O)O4)nn3)[C@H]2O)[C@](C)(O)C[C@@H](C)CN(C)[C@H](C)[C@@H](O)[C@]1(C)O. The molecule has 3 aromatic rings. The molecule has 420 valence electrons. The highest BCUT2D eigenvalue weighted by Gasteiger charge is 2.53. The van der Waals surface area contributed by atoms with Crippen LogP contribution < -0.4 is 4.90 Å². The zero-order valence-electron chi connectivity index (χ0n) is 46.2. The molecular weight excluding hydrogens is 971 g/mol. The predicted molar refractivity (Wildman–Crippen MR) is 276 cm³/mol. The van der Waals surface area contributed by atoms with Gasteiger partial charge in [-0.2, -0.15) is 0 Å². The maximum absolute atomic E-state index is 14.5. The largest absolute Gasteiger partial charge is 0.459 e. The van der Waals surface area contributed by atoms with Gasteiger partial charge < -0.3 is 68.5 Å². The normalized spacial score (nSPS) is 40.1. The first-order valence-electron chi connectivity index (χ1n) is 26.8. The number of aromatic nitrogens is 4. The number of carbonyl (C=O) groups excluding carboxylic acids is 2. The molecule has 21 heteroatoms. The molecule has 5 N–H and O–H groups in total. The number of cyclic esters (lactones) is 2. The minimum atomic E-state index is -1.85. The van der Waals surface area contributed by atoms with E-state index < -0.39 is 114 Å². The number of pyridine rings is 1. The van der Waals surface area contributed by atoms with Gasteiger partial charge in [0.15, 0.2) is 12.6 Å². The van der Waals surface area contributed by atoms with Crippen molar-refractivity contribution in [1.29, 1.82) is 0 Å². The van der Waals surface area contributed by atoms with Crippen LogP contribution in [0.4, 0.5) is 10.5 Å². The van der Waals surface area contributed by atoms with Crippen molar-refractivity contribution in [2.75, 3.05) is 45.7 Å². The van der Waals surface area contributed by atoms with Crippen LogP contribution in [0.2, 0.25) is 0 Å². The zero-order valence-corrected chi connectivity index (χ0v) is 46.2. The summed E-state index contributed by atoms with van der Waals surface area (Å²) in [6.45, 7) is 19.0. The number of fused-ring (bicyclic) bond motifs is 1. The van der Waals surface area contributed by atoms with Crippen LogP contribution in [-0.4, -0.2) is 205 Å². The zero-order chi connectivity index (χ0) is 54.9. The lowest BCUT2D eigenvalue weighted by atomic mass is 9.77. The topological polar surface area (TPSA) is 253 Å². The van der Waals surface area contributed by atoms with Crippen LogP contribution in [0, 0.1) is 17.8 Å². The number of likely N-dealkylation sites (N-methyl/N-ethyl adjacent to an activating group) is 2. The molecule has 1 aromatic carbocycles. The summed E-state index contributed by atoms with van der Waals surface area (Å²) in [5.41, 5.74) is -2.35. The van der Waals surface area contributed by atoms with Crippen molar-refractivity contribution in [3.63, 3.8) is 0 Å². The number of anilines is 1. The molecule has 0 aliphatic carbocycles. The lowest BCUT2D eigenvalue weighted by molar-refractivity contribution is -0.318. The number of aliphatic hydroxyl groups is 5. The quantitative estimate of drug-likeness (QED) is 0.153. The maximum atomic E-state index is 14.5. The molecule has 0 saturated carbocycles. The number of amides is 1. The fraction of sp³-hybridized carbons (Fsp3) is 0.759. The van der Waals surface area contributed by atoms with E-state index in [2.05, 4.69) is 15.3 Å². The smallest absolute Gasteiger partial charge is 0.414 e. The van der Waals surface area contributed by atoms with Gasteiger partial charge in [0.05, 0.1) is 71.5 Å². The molecule has 0 radical (unpaired) electrons. The van der Waals surface area contributed by atoms with Crippen molar-refractivity contribution >= 4 is 28.7 Å². The number of ether oxygens (including phenoxy) is 7. The van der Waals surface area contributed by atoms with Crippen LogP contribution in [0.15, 0.2) is 42.7 Å². The molecule has 4 saturated heterocycles. The predicted octanol–water partition coefficient (Wildman–Crippen LogP) is 3.68. The Kier molecular flexibility index (Phi) is 18.8. The first-order valence-corrected chi connectivity index (χ1v) is 26.8. The first kappa shape index (κ1) is 58.7. The molecule has 0 unspecified atom stereocenters. The van der Waals surface area contributed by atoms with Gasteiger partial charge in [-0.1, -0.05) is 32.1 Å². The first-order chi connectivity index (χ1) is 35.3. The summed E-state index contributed by atoms with van der Waals surface area (Å²) < 4.78 is 45.8. The fourth-order valence-corrected chi connectivity index (χ4v) is 12.0. The fourth-order valence-electron chi connectivity index (χ4n) is 12.0. The highest BCUT2D eigenvalue weighted by atomic mass is 16.7. The summed E-state index contributed by atoms with van der Waals surface area (Å²) in [5.74, 6) is -2.84. The molecule has 4 fully saturated rings. The van der Waals surface area contributed by atoms with E-state index in [0.717, 1.165) is 16.6 Å². The number of carbonyl (C=O) groups is 2. The Bertz CT molecular complexity index is 2370. The number of hydrogen-bond donors (Lipinski definition) is 5. The van der Waals surface area contributed by atoms with E-state index in [9.17, 15) is 35.1 Å². The van der Waals surface area contributed by atoms with Crippen LogP contribution >= 0.6 is 0 Å². The van der Waals surface area contributed by atoms with Crippen molar-refractivity contribution in [1.82, 2.24) is 29.8 Å². The van der Waals surface area contributed by atoms with E-state index in [-0.39, 0.29) is 31.3 Å². The third-order valence-corrected chi connectivity index (χ3v) is 16.6. The lowest BCUT2D eigenvalue weighted by Gasteiger charge is -2.49. The Morgan fingerprint density at radius 1 is 0.920 bits per heavy atom. The van der Waals surface area contributed by atoms with Gasteiger partial charge in [-0.15, -0.1) is 5.10 Å². The van der Waals surface area contributed by atoms with E-state index in [1.54, 1.807) is 57.3 Å². The van der Waals surface area contributed by atoms with Crippen LogP contribution in [0.5, 0.6) is 0 Å². The number of nitrogens with zero attached hydrogens (tertiary/aromatic N) is 7. The number of hydrogen-bond acceptors (Lipinski definition) is 19. The number of rotatable bonds is 13. The number of aliphatic hydroxyl groups excluding tert-OH is 3. The Hall–Kier alpha value is -3.97. The summed E-state index contributed by atoms with van der Waals surface area (Å²) in [4.78, 5) is 37.6. The third kappa shape index (κ3) is 13.0. The van der Waals surface area contributed by atoms with E-state index in [0.29, 0.717) is 44.7 Å². The van der Waals surface area contributed by atoms with Crippen molar-refractivity contribution in [3.05, 3.63) is 48.4 Å². The van der Waals surface area contributed by atoms with Crippen LogP contribution in [-0.2, 0) is 50.9 Å². The highest BCUT2D eigenvalue weighted by molar-refractivity contribution is 6.01. The highest BCUT2D eigenvalue weighted by Crippen LogP contribution is 2.41. The molecule has 19 atom stereocenters. The van der Waals surface area contributed by atoms with Crippen LogP contribution in [0.1, 0.15) is 101 Å². The average molecular weight is 1060 g/mol. The van der Waals surface area contributed by atoms with E-state index in [4.69, 9.17) is 33.2 Å². The molecule has 4 aliphatic rings. The molecule has 6 heterocycles. The van der Waals surface area contributed by atoms with Gasteiger partial charge >= 0.3 is 12.1 Å². The van der Waals surface area contributed by atoms with Crippen molar-refractivity contribution in [2.45, 2.75) is 204 Å². The minimum Gasteiger partial charge on any atom is -0.459 e. The molecule has 7 rings (SSSR count). The van der Waals surface area contributed by atoms with Gasteiger partial charge in [-0.3, -0.25) is 14.7 Å². The minimum absolute atomic E-state index is 0.0907. The van der Waals surface area contributed by atoms with Crippen molar-refractivity contribution in [3.8, 4) is 0 Å². The molecule has 0 spiro atoms. The molecule has 75 heavy (non-hydrogen) atoms. The van der Waals surface area contributed by atoms with Gasteiger partial charge in [0.1, 0.15) is 36.1 Å². The monoisotopic (exact) mass is 1060 g/mol. The second kappa shape index (κ2) is 24.0. The summed E-state index contributed by atoms with van der Waals surface area (Å²) in [7, 11) is 5.25. The number of esters is 1. The van der Waals surface area contributed by atoms with Crippen LogP contribution in [0.3, 0.4) is 0 Å². The lowest BCUT2D eigenvalue weighted by Crippen LogP contribution is -2.61. The molecule has 0 bridgehead atoms. The van der Waals surface area contributed by atoms with Gasteiger partial charge in [-0.05, 0) is 112 Å². The van der Waals surface area contributed by atoms with Crippen molar-refractivity contribution < 1.29 is 68.3 Å². The van der Waals surface area contributed by atoms with E-state index in [1.165, 1.54) is 14.0 Å². The summed E-state index contributed by atoms with van der Waals surface area (Å²) >= 11 is 0. The third-order valence-electron chi connectivity index (χ3n) is 16.6.